The fourth-order valence-electron chi connectivity index (χ4n) is 7.05. The molecule has 4 aliphatic rings. The highest BCUT2D eigenvalue weighted by atomic mass is 16.5. The largest absolute Gasteiger partial charge is 0.463 e. The lowest BCUT2D eigenvalue weighted by molar-refractivity contribution is -0.162. The number of hydrogen-bond acceptors (Lipinski definition) is 6. The van der Waals surface area contributed by atoms with Crippen LogP contribution in [0, 0.1) is 22.7 Å². The van der Waals surface area contributed by atoms with E-state index in [4.69, 9.17) is 4.74 Å². The van der Waals surface area contributed by atoms with E-state index in [1.54, 1.807) is 13.0 Å². The van der Waals surface area contributed by atoms with Crippen molar-refractivity contribution in [3.8, 4) is 0 Å². The van der Waals surface area contributed by atoms with Gasteiger partial charge in [-0.3, -0.25) is 4.79 Å². The van der Waals surface area contributed by atoms with E-state index in [2.05, 4.69) is 6.92 Å². The number of aliphatic hydroxyl groups excluding tert-OH is 1. The number of ketones is 1. The Hall–Kier alpha value is -1.50. The maximum absolute atomic E-state index is 12.6. The molecule has 0 amide bonds. The van der Waals surface area contributed by atoms with Crippen LogP contribution in [0.4, 0.5) is 0 Å². The van der Waals surface area contributed by atoms with Gasteiger partial charge in [0.2, 0.25) is 0 Å². The van der Waals surface area contributed by atoms with Gasteiger partial charge in [0.1, 0.15) is 5.60 Å². The lowest BCUT2D eigenvalue weighted by atomic mass is 9.45. The molecule has 0 heterocycles. The van der Waals surface area contributed by atoms with Crippen LogP contribution in [-0.2, 0) is 14.3 Å². The number of rotatable bonds is 3. The summed E-state index contributed by atoms with van der Waals surface area (Å²) < 4.78 is 5.03. The van der Waals surface area contributed by atoms with Gasteiger partial charge in [-0.05, 0) is 74.2 Å². The molecular weight excluding hydrogens is 360 g/mol. The summed E-state index contributed by atoms with van der Waals surface area (Å²) in [5.74, 6) is -0.553. The summed E-state index contributed by atoms with van der Waals surface area (Å²) in [6.07, 6.45) is 8.35. The number of fused-ring (bicyclic) bond motifs is 3. The molecule has 6 heteroatoms. The van der Waals surface area contributed by atoms with E-state index in [-0.39, 0.29) is 35.1 Å². The highest BCUT2D eigenvalue weighted by molar-refractivity contribution is 6.08. The summed E-state index contributed by atoms with van der Waals surface area (Å²) in [5, 5.41) is 31.9. The normalized spacial score (nSPS) is 48.3. The maximum Gasteiger partial charge on any atom is 0.331 e. The van der Waals surface area contributed by atoms with Gasteiger partial charge in [0.25, 0.3) is 0 Å². The monoisotopic (exact) mass is 390 g/mol. The highest BCUT2D eigenvalue weighted by Crippen LogP contribution is 2.71. The molecule has 154 valence electrons. The fraction of sp³-hybridized carbons (Fsp3) is 0.727. The number of carbonyl (C=O) groups is 2. The Bertz CT molecular complexity index is 769. The van der Waals surface area contributed by atoms with E-state index in [1.807, 2.05) is 6.08 Å². The average Bonchev–Trinajstić information content (AvgIpc) is 2.80. The predicted octanol–water partition coefficient (Wildman–Crippen LogP) is 1.68. The van der Waals surface area contributed by atoms with Gasteiger partial charge >= 0.3 is 5.97 Å². The van der Waals surface area contributed by atoms with Crippen LogP contribution in [0.15, 0.2) is 23.8 Å². The van der Waals surface area contributed by atoms with E-state index >= 15 is 0 Å². The van der Waals surface area contributed by atoms with Gasteiger partial charge in [-0.2, -0.15) is 0 Å². The summed E-state index contributed by atoms with van der Waals surface area (Å²) in [4.78, 5) is 24.6. The second-order valence-electron chi connectivity index (χ2n) is 9.54. The van der Waals surface area contributed by atoms with E-state index in [9.17, 15) is 24.9 Å². The molecule has 0 saturated heterocycles. The van der Waals surface area contributed by atoms with Crippen LogP contribution >= 0.6 is 0 Å². The molecule has 6 unspecified atom stereocenters. The summed E-state index contributed by atoms with van der Waals surface area (Å²) in [6.45, 7) is 3.68. The predicted molar refractivity (Wildman–Crippen MR) is 101 cm³/mol. The zero-order valence-corrected chi connectivity index (χ0v) is 16.6. The molecule has 2 bridgehead atoms. The van der Waals surface area contributed by atoms with Crippen molar-refractivity contribution in [3.05, 3.63) is 23.8 Å². The molecule has 0 aromatic heterocycles. The molecule has 0 radical (unpaired) electrons. The Balaban J connectivity index is 1.73. The fourth-order valence-corrected chi connectivity index (χ4v) is 7.05. The van der Waals surface area contributed by atoms with Crippen molar-refractivity contribution in [2.45, 2.75) is 63.6 Å². The van der Waals surface area contributed by atoms with Crippen molar-refractivity contribution in [1.82, 2.24) is 0 Å². The first-order valence-electron chi connectivity index (χ1n) is 10.3. The Morgan fingerprint density at radius 1 is 1.29 bits per heavy atom. The zero-order valence-electron chi connectivity index (χ0n) is 16.6. The third-order valence-corrected chi connectivity index (χ3v) is 8.25. The first-order valence-corrected chi connectivity index (χ1v) is 10.3. The summed E-state index contributed by atoms with van der Waals surface area (Å²) in [5.41, 5.74) is -2.82. The van der Waals surface area contributed by atoms with Crippen molar-refractivity contribution in [2.75, 3.05) is 13.2 Å². The number of allylic oxidation sites excluding steroid dienone is 3. The van der Waals surface area contributed by atoms with Gasteiger partial charge < -0.3 is 20.1 Å². The van der Waals surface area contributed by atoms with Crippen LogP contribution in [0.1, 0.15) is 52.4 Å². The number of carbonyl (C=O) groups excluding carboxylic acids is 2. The quantitative estimate of drug-likeness (QED) is 0.500. The smallest absolute Gasteiger partial charge is 0.331 e. The molecule has 1 spiro atoms. The SMILES string of the molecule is CCOC(=O)C=C1C(=O)C=CC2(C)C1CCC13CC(O)(CO)C(O)(CCC12)C3. The van der Waals surface area contributed by atoms with Crippen LogP contribution < -0.4 is 0 Å². The number of aliphatic hydroxyl groups is 3. The molecule has 4 rings (SSSR count). The second kappa shape index (κ2) is 6.25. The van der Waals surface area contributed by atoms with Crippen LogP contribution in [-0.4, -0.2) is 51.5 Å². The lowest BCUT2D eigenvalue weighted by Crippen LogP contribution is -2.55. The maximum atomic E-state index is 12.6. The van der Waals surface area contributed by atoms with Crippen molar-refractivity contribution in [2.24, 2.45) is 22.7 Å². The summed E-state index contributed by atoms with van der Waals surface area (Å²) in [6, 6.07) is 0. The second-order valence-corrected chi connectivity index (χ2v) is 9.54. The minimum Gasteiger partial charge on any atom is -0.463 e. The van der Waals surface area contributed by atoms with E-state index in [0.717, 1.165) is 12.8 Å². The molecular formula is C22H30O6. The number of ether oxygens (including phenoxy) is 1. The number of esters is 1. The summed E-state index contributed by atoms with van der Waals surface area (Å²) >= 11 is 0. The zero-order chi connectivity index (χ0) is 20.4. The van der Waals surface area contributed by atoms with E-state index < -0.39 is 23.8 Å². The highest BCUT2D eigenvalue weighted by Gasteiger charge is 2.70. The minimum absolute atomic E-state index is 0.0842. The van der Waals surface area contributed by atoms with Crippen molar-refractivity contribution in [3.63, 3.8) is 0 Å². The van der Waals surface area contributed by atoms with E-state index in [0.29, 0.717) is 31.3 Å². The Labute approximate surface area is 165 Å². The molecule has 28 heavy (non-hydrogen) atoms. The molecule has 6 nitrogen and oxygen atoms in total. The van der Waals surface area contributed by atoms with Gasteiger partial charge in [-0.1, -0.05) is 13.0 Å². The minimum atomic E-state index is -1.47. The lowest BCUT2D eigenvalue weighted by Gasteiger charge is -2.58. The average molecular weight is 390 g/mol. The van der Waals surface area contributed by atoms with E-state index in [1.165, 1.54) is 6.08 Å². The Morgan fingerprint density at radius 2 is 2.04 bits per heavy atom. The molecule has 3 fully saturated rings. The van der Waals surface area contributed by atoms with Crippen LogP contribution in [0.3, 0.4) is 0 Å². The molecule has 6 atom stereocenters. The Morgan fingerprint density at radius 3 is 2.71 bits per heavy atom. The molecule has 4 aliphatic carbocycles. The standard InChI is InChI=1S/C22H30O6/c1-3-28-18(25)10-14-15-4-8-20-11-21(26,22(27,12-20)13-23)9-6-17(20)19(15,2)7-5-16(14)24/h5,7,10,15,17,23,26-27H,3-4,6,8-9,11-13H2,1-2H3. The van der Waals surface area contributed by atoms with Crippen molar-refractivity contribution in [1.29, 1.82) is 0 Å². The van der Waals surface area contributed by atoms with Gasteiger partial charge in [0, 0.05) is 11.6 Å². The first kappa shape index (κ1) is 19.8. The third kappa shape index (κ3) is 2.50. The third-order valence-electron chi connectivity index (χ3n) is 8.25. The van der Waals surface area contributed by atoms with Gasteiger partial charge in [-0.25, -0.2) is 4.79 Å². The first-order chi connectivity index (χ1) is 13.1. The van der Waals surface area contributed by atoms with Crippen molar-refractivity contribution >= 4 is 11.8 Å². The van der Waals surface area contributed by atoms with Gasteiger partial charge in [-0.15, -0.1) is 0 Å². The molecule has 3 N–H and O–H groups in total. The number of hydrogen-bond donors (Lipinski definition) is 3. The van der Waals surface area contributed by atoms with Crippen LogP contribution in [0.5, 0.6) is 0 Å². The van der Waals surface area contributed by atoms with Crippen molar-refractivity contribution < 1.29 is 29.6 Å². The summed E-state index contributed by atoms with van der Waals surface area (Å²) in [7, 11) is 0. The topological polar surface area (TPSA) is 104 Å². The van der Waals surface area contributed by atoms with Crippen LogP contribution in [0.25, 0.3) is 0 Å². The molecule has 0 aromatic rings. The van der Waals surface area contributed by atoms with Gasteiger partial charge in [0.15, 0.2) is 5.78 Å². The molecule has 0 aliphatic heterocycles. The van der Waals surface area contributed by atoms with Gasteiger partial charge in [0.05, 0.1) is 18.8 Å². The van der Waals surface area contributed by atoms with Crippen LogP contribution in [0.2, 0.25) is 0 Å². The molecule has 3 saturated carbocycles. The molecule has 0 aromatic carbocycles. The Kier molecular flexibility index (Phi) is 4.42.